The molecular weight excluding hydrogens is 321 g/mol. The largest absolute Gasteiger partial charge is 0.481 e. The van der Waals surface area contributed by atoms with Gasteiger partial charge in [-0.2, -0.15) is 13.2 Å². The van der Waals surface area contributed by atoms with Gasteiger partial charge in [-0.05, 0) is 23.8 Å². The van der Waals surface area contributed by atoms with Gasteiger partial charge < -0.3 is 4.74 Å². The van der Waals surface area contributed by atoms with E-state index in [1.807, 2.05) is 18.2 Å². The normalized spacial score (nSPS) is 11.4. The van der Waals surface area contributed by atoms with Crippen LogP contribution in [0.25, 0.3) is 0 Å². The Labute approximate surface area is 117 Å². The molecule has 0 aliphatic carbocycles. The van der Waals surface area contributed by atoms with Crippen molar-refractivity contribution in [1.29, 1.82) is 0 Å². The summed E-state index contributed by atoms with van der Waals surface area (Å²) >= 11 is 2.88. The zero-order chi connectivity index (χ0) is 13.9. The van der Waals surface area contributed by atoms with Gasteiger partial charge in [0.1, 0.15) is 5.75 Å². The summed E-state index contributed by atoms with van der Waals surface area (Å²) in [5, 5.41) is 0. The Bertz CT molecular complexity index is 552. The fraction of sp³-hybridized carbons (Fsp3) is 0.0714. The standard InChI is InChI=1S/C14H9BrF3O/c15-13-7-6-11(8-12(13)14(16,17)18)19-9-10-4-2-1-3-5-10/h1-9H. The lowest BCUT2D eigenvalue weighted by Crippen LogP contribution is -2.06. The number of halogens is 4. The summed E-state index contributed by atoms with van der Waals surface area (Å²) in [5.41, 5.74) is 0.0189. The average molecular weight is 330 g/mol. The van der Waals surface area contributed by atoms with Gasteiger partial charge >= 0.3 is 6.18 Å². The van der Waals surface area contributed by atoms with E-state index in [1.165, 1.54) is 18.7 Å². The van der Waals surface area contributed by atoms with E-state index in [9.17, 15) is 13.2 Å². The average Bonchev–Trinajstić information content (AvgIpc) is 2.37. The van der Waals surface area contributed by atoms with Gasteiger partial charge in [0.05, 0.1) is 5.56 Å². The van der Waals surface area contributed by atoms with E-state index in [-0.39, 0.29) is 10.2 Å². The van der Waals surface area contributed by atoms with E-state index in [0.717, 1.165) is 11.6 Å². The van der Waals surface area contributed by atoms with Crippen molar-refractivity contribution in [2.24, 2.45) is 0 Å². The summed E-state index contributed by atoms with van der Waals surface area (Å²) < 4.78 is 43.3. The molecule has 0 amide bonds. The third-order valence-electron chi connectivity index (χ3n) is 2.37. The summed E-state index contributed by atoms with van der Waals surface area (Å²) in [6.07, 6.45) is -4.41. The molecule has 2 aromatic carbocycles. The van der Waals surface area contributed by atoms with Crippen molar-refractivity contribution in [1.82, 2.24) is 0 Å². The Balaban J connectivity index is 2.14. The maximum absolute atomic E-state index is 12.7. The highest BCUT2D eigenvalue weighted by molar-refractivity contribution is 9.10. The molecule has 0 spiro atoms. The van der Waals surface area contributed by atoms with Crippen LogP contribution in [0.1, 0.15) is 11.1 Å². The minimum atomic E-state index is -4.41. The third-order valence-corrected chi connectivity index (χ3v) is 3.07. The molecule has 1 radical (unpaired) electrons. The molecule has 0 saturated heterocycles. The van der Waals surface area contributed by atoms with E-state index < -0.39 is 11.7 Å². The number of hydrogen-bond acceptors (Lipinski definition) is 1. The third kappa shape index (κ3) is 3.73. The smallest absolute Gasteiger partial charge is 0.417 e. The first-order valence-corrected chi connectivity index (χ1v) is 6.18. The molecular formula is C14H9BrF3O. The van der Waals surface area contributed by atoms with Crippen molar-refractivity contribution in [3.63, 3.8) is 0 Å². The summed E-state index contributed by atoms with van der Waals surface area (Å²) in [4.78, 5) is 0. The molecule has 5 heteroatoms. The van der Waals surface area contributed by atoms with Crippen LogP contribution in [0, 0.1) is 6.61 Å². The van der Waals surface area contributed by atoms with Gasteiger partial charge in [0.25, 0.3) is 0 Å². The van der Waals surface area contributed by atoms with E-state index in [1.54, 1.807) is 12.1 Å². The van der Waals surface area contributed by atoms with Gasteiger partial charge in [-0.3, -0.25) is 0 Å². The van der Waals surface area contributed by atoms with Crippen molar-refractivity contribution in [2.75, 3.05) is 0 Å². The number of hydrogen-bond donors (Lipinski definition) is 0. The second-order valence-corrected chi connectivity index (χ2v) is 4.64. The zero-order valence-electron chi connectivity index (χ0n) is 9.62. The summed E-state index contributed by atoms with van der Waals surface area (Å²) in [5.74, 6) is 0.138. The fourth-order valence-electron chi connectivity index (χ4n) is 1.46. The zero-order valence-corrected chi connectivity index (χ0v) is 11.2. The van der Waals surface area contributed by atoms with Gasteiger partial charge in [-0.1, -0.05) is 46.3 Å². The summed E-state index contributed by atoms with van der Waals surface area (Å²) in [6, 6.07) is 12.8. The molecule has 0 aromatic heterocycles. The van der Waals surface area contributed by atoms with Crippen molar-refractivity contribution < 1.29 is 17.9 Å². The molecule has 2 rings (SSSR count). The van der Waals surface area contributed by atoms with Gasteiger partial charge in [0.2, 0.25) is 0 Å². The van der Waals surface area contributed by atoms with E-state index >= 15 is 0 Å². The van der Waals surface area contributed by atoms with Crippen LogP contribution in [0.3, 0.4) is 0 Å². The van der Waals surface area contributed by atoms with Crippen molar-refractivity contribution in [3.05, 3.63) is 70.7 Å². The Kier molecular flexibility index (Phi) is 4.14. The molecule has 0 atom stereocenters. The van der Waals surface area contributed by atoms with Crippen LogP contribution >= 0.6 is 15.9 Å². The van der Waals surface area contributed by atoms with Crippen LogP contribution < -0.4 is 4.74 Å². The molecule has 19 heavy (non-hydrogen) atoms. The molecule has 0 unspecified atom stereocenters. The number of alkyl halides is 3. The Morgan fingerprint density at radius 1 is 1.00 bits per heavy atom. The maximum Gasteiger partial charge on any atom is 0.417 e. The monoisotopic (exact) mass is 329 g/mol. The molecule has 1 nitrogen and oxygen atoms in total. The van der Waals surface area contributed by atoms with Gasteiger partial charge in [-0.15, -0.1) is 0 Å². The van der Waals surface area contributed by atoms with E-state index in [0.29, 0.717) is 0 Å². The topological polar surface area (TPSA) is 9.23 Å². The molecule has 99 valence electrons. The van der Waals surface area contributed by atoms with Crippen LogP contribution in [0.4, 0.5) is 13.2 Å². The number of rotatable bonds is 3. The van der Waals surface area contributed by atoms with E-state index in [2.05, 4.69) is 15.9 Å². The lowest BCUT2D eigenvalue weighted by molar-refractivity contribution is -0.138. The van der Waals surface area contributed by atoms with Crippen molar-refractivity contribution >= 4 is 15.9 Å². The molecule has 0 bridgehead atoms. The van der Waals surface area contributed by atoms with Crippen LogP contribution in [0.15, 0.2) is 53.0 Å². The molecule has 2 aromatic rings. The quantitative estimate of drug-likeness (QED) is 0.765. The second kappa shape index (κ2) is 5.65. The summed E-state index contributed by atoms with van der Waals surface area (Å²) in [6.45, 7) is 1.41. The van der Waals surface area contributed by atoms with Crippen LogP contribution in [-0.4, -0.2) is 0 Å². The summed E-state index contributed by atoms with van der Waals surface area (Å²) in [7, 11) is 0. The highest BCUT2D eigenvalue weighted by Crippen LogP contribution is 2.37. The Hall–Kier alpha value is -1.49. The van der Waals surface area contributed by atoms with Crippen molar-refractivity contribution in [2.45, 2.75) is 6.18 Å². The SMILES string of the molecule is FC(F)(F)c1cc(O[CH]c2ccccc2)ccc1Br. The predicted octanol–water partition coefficient (Wildman–Crippen LogP) is 5.06. The molecule has 0 fully saturated rings. The molecule has 0 heterocycles. The molecule has 0 aliphatic rings. The van der Waals surface area contributed by atoms with Gasteiger partial charge in [-0.25, -0.2) is 0 Å². The first kappa shape index (κ1) is 13.9. The minimum Gasteiger partial charge on any atom is -0.481 e. The highest BCUT2D eigenvalue weighted by atomic mass is 79.9. The fourth-order valence-corrected chi connectivity index (χ4v) is 1.93. The Morgan fingerprint density at radius 3 is 2.32 bits per heavy atom. The van der Waals surface area contributed by atoms with Gasteiger partial charge in [0, 0.05) is 4.47 Å². The minimum absolute atomic E-state index is 0.00735. The molecule has 0 saturated carbocycles. The van der Waals surface area contributed by atoms with Crippen LogP contribution in [-0.2, 0) is 6.18 Å². The lowest BCUT2D eigenvalue weighted by atomic mass is 10.2. The van der Waals surface area contributed by atoms with E-state index in [4.69, 9.17) is 4.74 Å². The number of benzene rings is 2. The van der Waals surface area contributed by atoms with Crippen LogP contribution in [0.5, 0.6) is 5.75 Å². The molecule has 0 N–H and O–H groups in total. The highest BCUT2D eigenvalue weighted by Gasteiger charge is 2.33. The first-order valence-electron chi connectivity index (χ1n) is 5.38. The van der Waals surface area contributed by atoms with Crippen molar-refractivity contribution in [3.8, 4) is 5.75 Å². The Morgan fingerprint density at radius 2 is 1.68 bits per heavy atom. The maximum atomic E-state index is 12.7. The molecule has 0 aliphatic heterocycles. The second-order valence-electron chi connectivity index (χ2n) is 3.79. The number of ether oxygens (including phenoxy) is 1. The van der Waals surface area contributed by atoms with Crippen LogP contribution in [0.2, 0.25) is 0 Å². The predicted molar refractivity (Wildman–Crippen MR) is 69.6 cm³/mol. The lowest BCUT2D eigenvalue weighted by Gasteiger charge is -2.11. The van der Waals surface area contributed by atoms with Gasteiger partial charge in [0.15, 0.2) is 6.61 Å². The first-order chi connectivity index (χ1) is 8.97.